The molecule has 0 aliphatic carbocycles. The molecule has 0 saturated heterocycles. The summed E-state index contributed by atoms with van der Waals surface area (Å²) in [6.07, 6.45) is 0. The Hall–Kier alpha value is -1.88. The van der Waals surface area contributed by atoms with Crippen LogP contribution in [0.3, 0.4) is 0 Å². The number of aromatic nitrogens is 1. The minimum Gasteiger partial charge on any atom is -0.477 e. The van der Waals surface area contributed by atoms with Crippen molar-refractivity contribution < 1.29 is 9.90 Å². The van der Waals surface area contributed by atoms with Gasteiger partial charge in [0, 0.05) is 13.6 Å². The van der Waals surface area contributed by atoms with Gasteiger partial charge in [0.2, 0.25) is 0 Å². The maximum Gasteiger partial charge on any atom is 0.347 e. The highest BCUT2D eigenvalue weighted by molar-refractivity contribution is 7.17. The molecule has 19 heavy (non-hydrogen) atoms. The number of rotatable bonds is 4. The van der Waals surface area contributed by atoms with E-state index in [1.165, 1.54) is 22.5 Å². The number of carboxylic acid groups (broad SMARTS) is 1. The predicted octanol–water partition coefficient (Wildman–Crippen LogP) is 3.09. The third-order valence-corrected chi connectivity index (χ3v) is 4.07. The van der Waals surface area contributed by atoms with Crippen molar-refractivity contribution in [2.24, 2.45) is 0 Å². The van der Waals surface area contributed by atoms with Gasteiger partial charge in [-0.3, -0.25) is 0 Å². The van der Waals surface area contributed by atoms with E-state index < -0.39 is 5.97 Å². The van der Waals surface area contributed by atoms with E-state index in [0.29, 0.717) is 17.1 Å². The molecule has 1 aromatic carbocycles. The first-order valence-corrected chi connectivity index (χ1v) is 6.76. The van der Waals surface area contributed by atoms with Crippen molar-refractivity contribution in [3.63, 3.8) is 0 Å². The second kappa shape index (κ2) is 5.40. The first kappa shape index (κ1) is 13.5. The van der Waals surface area contributed by atoms with Gasteiger partial charge in [-0.05, 0) is 19.4 Å². The molecule has 0 bridgehead atoms. The lowest BCUT2D eigenvalue weighted by Gasteiger charge is -2.15. The zero-order valence-corrected chi connectivity index (χ0v) is 12.0. The number of hydrogen-bond acceptors (Lipinski definition) is 4. The first-order valence-electron chi connectivity index (χ1n) is 5.95. The van der Waals surface area contributed by atoms with Gasteiger partial charge in [0.05, 0.1) is 5.69 Å². The topological polar surface area (TPSA) is 53.4 Å². The van der Waals surface area contributed by atoms with Gasteiger partial charge in [-0.2, -0.15) is 0 Å². The summed E-state index contributed by atoms with van der Waals surface area (Å²) in [7, 11) is 1.92. The number of carbonyl (C=O) groups is 1. The summed E-state index contributed by atoms with van der Waals surface area (Å²) in [5, 5.41) is 9.77. The first-order chi connectivity index (χ1) is 8.97. The van der Waals surface area contributed by atoms with Crippen molar-refractivity contribution in [1.29, 1.82) is 0 Å². The van der Waals surface area contributed by atoms with Gasteiger partial charge in [-0.15, -0.1) is 0 Å². The fourth-order valence-electron chi connectivity index (χ4n) is 1.90. The Bertz CT molecular complexity index is 607. The second-order valence-corrected chi connectivity index (χ2v) is 5.54. The Morgan fingerprint density at radius 2 is 2.16 bits per heavy atom. The molecular weight excluding hydrogens is 260 g/mol. The van der Waals surface area contributed by atoms with Crippen molar-refractivity contribution in [1.82, 2.24) is 4.98 Å². The van der Waals surface area contributed by atoms with Gasteiger partial charge in [0.1, 0.15) is 4.88 Å². The molecule has 0 amide bonds. The molecule has 5 heteroatoms. The van der Waals surface area contributed by atoms with Crippen molar-refractivity contribution in [2.45, 2.75) is 20.4 Å². The van der Waals surface area contributed by atoms with E-state index in [4.69, 9.17) is 5.11 Å². The fraction of sp³-hybridized carbons (Fsp3) is 0.286. The third-order valence-electron chi connectivity index (χ3n) is 2.81. The summed E-state index contributed by atoms with van der Waals surface area (Å²) >= 11 is 1.21. The van der Waals surface area contributed by atoms with Crippen LogP contribution in [-0.4, -0.2) is 23.1 Å². The lowest BCUT2D eigenvalue weighted by molar-refractivity contribution is 0.0701. The van der Waals surface area contributed by atoms with Crippen LogP contribution in [0, 0.1) is 13.8 Å². The molecule has 1 aromatic heterocycles. The van der Waals surface area contributed by atoms with E-state index >= 15 is 0 Å². The lowest BCUT2D eigenvalue weighted by atomic mass is 10.1. The monoisotopic (exact) mass is 276 g/mol. The van der Waals surface area contributed by atoms with Crippen LogP contribution in [0.1, 0.15) is 26.5 Å². The van der Waals surface area contributed by atoms with Crippen LogP contribution in [-0.2, 0) is 6.54 Å². The summed E-state index contributed by atoms with van der Waals surface area (Å²) in [6.45, 7) is 4.50. The quantitative estimate of drug-likeness (QED) is 0.932. The molecule has 0 fully saturated rings. The minimum atomic E-state index is -0.912. The van der Waals surface area contributed by atoms with E-state index in [1.807, 2.05) is 18.0 Å². The van der Waals surface area contributed by atoms with E-state index in [0.717, 1.165) is 5.13 Å². The SMILES string of the molecule is Cc1cccc(CN(C)c2nc(C)c(C(=O)O)s2)c1. The summed E-state index contributed by atoms with van der Waals surface area (Å²) in [5.74, 6) is -0.912. The van der Waals surface area contributed by atoms with E-state index in [2.05, 4.69) is 30.1 Å². The summed E-state index contributed by atoms with van der Waals surface area (Å²) < 4.78 is 0. The van der Waals surface area contributed by atoms with Crippen molar-refractivity contribution in [3.05, 3.63) is 46.0 Å². The molecule has 100 valence electrons. The Balaban J connectivity index is 2.18. The molecule has 1 N–H and O–H groups in total. The molecule has 1 heterocycles. The van der Waals surface area contributed by atoms with Gasteiger partial charge in [0.15, 0.2) is 5.13 Å². The van der Waals surface area contributed by atoms with E-state index in [-0.39, 0.29) is 0 Å². The molecule has 2 aromatic rings. The molecule has 0 aliphatic rings. The van der Waals surface area contributed by atoms with Crippen LogP contribution in [0.2, 0.25) is 0 Å². The van der Waals surface area contributed by atoms with Gasteiger partial charge in [0.25, 0.3) is 0 Å². The minimum absolute atomic E-state index is 0.311. The van der Waals surface area contributed by atoms with Crippen molar-refractivity contribution in [3.8, 4) is 0 Å². The third kappa shape index (κ3) is 3.12. The van der Waals surface area contributed by atoms with Crippen LogP contribution < -0.4 is 4.90 Å². The summed E-state index contributed by atoms with van der Waals surface area (Å²) in [6, 6.07) is 8.25. The smallest absolute Gasteiger partial charge is 0.347 e. The fourth-order valence-corrected chi connectivity index (χ4v) is 2.76. The molecule has 0 atom stereocenters. The molecule has 0 spiro atoms. The number of aromatic carboxylic acids is 1. The standard InChI is InChI=1S/C14H16N2O2S/c1-9-5-4-6-11(7-9)8-16(3)14-15-10(2)12(19-14)13(17)18/h4-7H,8H2,1-3H3,(H,17,18). The molecule has 0 radical (unpaired) electrons. The number of hydrogen-bond donors (Lipinski definition) is 1. The number of aryl methyl sites for hydroxylation is 2. The second-order valence-electron chi connectivity index (χ2n) is 4.56. The zero-order chi connectivity index (χ0) is 14.0. The van der Waals surface area contributed by atoms with Gasteiger partial charge < -0.3 is 10.0 Å². The molecule has 4 nitrogen and oxygen atoms in total. The van der Waals surface area contributed by atoms with E-state index in [1.54, 1.807) is 6.92 Å². The highest BCUT2D eigenvalue weighted by Gasteiger charge is 2.16. The van der Waals surface area contributed by atoms with Crippen molar-refractivity contribution in [2.75, 3.05) is 11.9 Å². The predicted molar refractivity (Wildman–Crippen MR) is 77.1 cm³/mol. The molecular formula is C14H16N2O2S. The Kier molecular flexibility index (Phi) is 3.85. The molecule has 0 saturated carbocycles. The number of nitrogens with zero attached hydrogens (tertiary/aromatic N) is 2. The van der Waals surface area contributed by atoms with Crippen LogP contribution in [0.25, 0.3) is 0 Å². The van der Waals surface area contributed by atoms with Crippen LogP contribution in [0.5, 0.6) is 0 Å². The Morgan fingerprint density at radius 1 is 1.42 bits per heavy atom. The molecule has 2 rings (SSSR count). The number of thiazole rings is 1. The van der Waals surface area contributed by atoms with Gasteiger partial charge in [-0.1, -0.05) is 41.2 Å². The van der Waals surface area contributed by atoms with Gasteiger partial charge >= 0.3 is 5.97 Å². The Labute approximate surface area is 116 Å². The molecule has 0 aliphatic heterocycles. The van der Waals surface area contributed by atoms with Crippen LogP contribution in [0.15, 0.2) is 24.3 Å². The maximum atomic E-state index is 11.0. The maximum absolute atomic E-state index is 11.0. The highest BCUT2D eigenvalue weighted by Crippen LogP contribution is 2.26. The van der Waals surface area contributed by atoms with Gasteiger partial charge in [-0.25, -0.2) is 9.78 Å². The summed E-state index contributed by atoms with van der Waals surface area (Å²) in [5.41, 5.74) is 2.98. The zero-order valence-electron chi connectivity index (χ0n) is 11.2. The largest absolute Gasteiger partial charge is 0.477 e. The molecule has 0 unspecified atom stereocenters. The number of carboxylic acids is 1. The number of benzene rings is 1. The van der Waals surface area contributed by atoms with Crippen LogP contribution in [0.4, 0.5) is 5.13 Å². The lowest BCUT2D eigenvalue weighted by Crippen LogP contribution is -2.16. The average Bonchev–Trinajstić information content (AvgIpc) is 2.71. The number of anilines is 1. The van der Waals surface area contributed by atoms with Crippen molar-refractivity contribution >= 4 is 22.4 Å². The average molecular weight is 276 g/mol. The Morgan fingerprint density at radius 3 is 2.74 bits per heavy atom. The van der Waals surface area contributed by atoms with E-state index in [9.17, 15) is 4.79 Å². The highest BCUT2D eigenvalue weighted by atomic mass is 32.1. The summed E-state index contributed by atoms with van der Waals surface area (Å²) in [4.78, 5) is 17.6. The van der Waals surface area contributed by atoms with Crippen LogP contribution >= 0.6 is 11.3 Å². The normalized spacial score (nSPS) is 10.5.